The summed E-state index contributed by atoms with van der Waals surface area (Å²) in [5.41, 5.74) is 2.96. The van der Waals surface area contributed by atoms with Crippen molar-refractivity contribution in [2.24, 2.45) is 11.3 Å². The zero-order valence-corrected chi connectivity index (χ0v) is 12.0. The summed E-state index contributed by atoms with van der Waals surface area (Å²) in [4.78, 5) is 0. The highest BCUT2D eigenvalue weighted by Gasteiger charge is 2.41. The molecule has 0 radical (unpaired) electrons. The predicted octanol–water partition coefficient (Wildman–Crippen LogP) is 3.57. The van der Waals surface area contributed by atoms with E-state index in [1.165, 1.54) is 18.5 Å². The van der Waals surface area contributed by atoms with E-state index in [2.05, 4.69) is 52.5 Å². The minimum Gasteiger partial charge on any atom is -0.270 e. The van der Waals surface area contributed by atoms with Crippen LogP contribution < -0.4 is 0 Å². The standard InChI is InChI=1S/C13H21BrN2/c1-4-16-12(7-10(2)15-16)8-13(3,9-14)11-5-6-11/h7,11H,4-6,8-9H2,1-3H3. The van der Waals surface area contributed by atoms with Crippen LogP contribution in [0.5, 0.6) is 0 Å². The lowest BCUT2D eigenvalue weighted by Gasteiger charge is -2.27. The fraction of sp³-hybridized carbons (Fsp3) is 0.769. The van der Waals surface area contributed by atoms with Gasteiger partial charge in [-0.2, -0.15) is 5.10 Å². The Morgan fingerprint density at radius 1 is 1.56 bits per heavy atom. The second-order valence-corrected chi connectivity index (χ2v) is 5.89. The highest BCUT2D eigenvalue weighted by atomic mass is 79.9. The van der Waals surface area contributed by atoms with E-state index < -0.39 is 0 Å². The van der Waals surface area contributed by atoms with Crippen molar-refractivity contribution in [3.8, 4) is 0 Å². The molecule has 90 valence electrons. The number of alkyl halides is 1. The highest BCUT2D eigenvalue weighted by Crippen LogP contribution is 2.48. The van der Waals surface area contributed by atoms with Gasteiger partial charge >= 0.3 is 0 Å². The number of aryl methyl sites for hydroxylation is 2. The summed E-state index contributed by atoms with van der Waals surface area (Å²) in [6.07, 6.45) is 3.96. The van der Waals surface area contributed by atoms with Crippen LogP contribution in [0.1, 0.15) is 38.1 Å². The molecule has 1 fully saturated rings. The molecule has 1 atom stereocenters. The molecule has 1 unspecified atom stereocenters. The average Bonchev–Trinajstić information content (AvgIpc) is 3.05. The summed E-state index contributed by atoms with van der Waals surface area (Å²) >= 11 is 3.69. The first kappa shape index (κ1) is 12.2. The van der Waals surface area contributed by atoms with E-state index in [1.54, 1.807) is 0 Å². The van der Waals surface area contributed by atoms with Crippen LogP contribution in [-0.2, 0) is 13.0 Å². The van der Waals surface area contributed by atoms with Crippen molar-refractivity contribution in [2.75, 3.05) is 5.33 Å². The van der Waals surface area contributed by atoms with Crippen molar-refractivity contribution >= 4 is 15.9 Å². The molecule has 3 heteroatoms. The first-order valence-electron chi connectivity index (χ1n) is 6.18. The lowest BCUT2D eigenvalue weighted by molar-refractivity contribution is 0.309. The molecule has 1 aromatic rings. The van der Waals surface area contributed by atoms with Crippen LogP contribution in [0.4, 0.5) is 0 Å². The molecule has 1 aliphatic carbocycles. The van der Waals surface area contributed by atoms with Gasteiger partial charge in [-0.1, -0.05) is 22.9 Å². The van der Waals surface area contributed by atoms with Crippen molar-refractivity contribution in [3.63, 3.8) is 0 Å². The Morgan fingerprint density at radius 3 is 2.75 bits per heavy atom. The van der Waals surface area contributed by atoms with Crippen molar-refractivity contribution in [3.05, 3.63) is 17.5 Å². The number of nitrogens with zero attached hydrogens (tertiary/aromatic N) is 2. The summed E-state index contributed by atoms with van der Waals surface area (Å²) < 4.78 is 2.15. The molecule has 2 rings (SSSR count). The largest absolute Gasteiger partial charge is 0.270 e. The van der Waals surface area contributed by atoms with E-state index in [4.69, 9.17) is 0 Å². The number of hydrogen-bond acceptors (Lipinski definition) is 1. The SMILES string of the molecule is CCn1nc(C)cc1CC(C)(CBr)C1CC1. The van der Waals surface area contributed by atoms with E-state index in [9.17, 15) is 0 Å². The van der Waals surface area contributed by atoms with Gasteiger partial charge in [0.05, 0.1) is 5.69 Å². The van der Waals surface area contributed by atoms with Gasteiger partial charge in [0, 0.05) is 17.6 Å². The number of rotatable bonds is 5. The van der Waals surface area contributed by atoms with Gasteiger partial charge < -0.3 is 0 Å². The molecule has 0 spiro atoms. The van der Waals surface area contributed by atoms with Gasteiger partial charge in [-0.25, -0.2) is 0 Å². The van der Waals surface area contributed by atoms with E-state index in [0.717, 1.165) is 29.9 Å². The summed E-state index contributed by atoms with van der Waals surface area (Å²) in [6.45, 7) is 7.63. The number of aromatic nitrogens is 2. The van der Waals surface area contributed by atoms with Crippen LogP contribution in [0.25, 0.3) is 0 Å². The van der Waals surface area contributed by atoms with Crippen molar-refractivity contribution < 1.29 is 0 Å². The van der Waals surface area contributed by atoms with Crippen LogP contribution in [0.2, 0.25) is 0 Å². The molecule has 16 heavy (non-hydrogen) atoms. The topological polar surface area (TPSA) is 17.8 Å². The Morgan fingerprint density at radius 2 is 2.25 bits per heavy atom. The lowest BCUT2D eigenvalue weighted by Crippen LogP contribution is -2.25. The van der Waals surface area contributed by atoms with Crippen LogP contribution >= 0.6 is 15.9 Å². The fourth-order valence-electron chi connectivity index (χ4n) is 2.51. The van der Waals surface area contributed by atoms with Gasteiger partial charge in [0.15, 0.2) is 0 Å². The van der Waals surface area contributed by atoms with Gasteiger partial charge in [-0.15, -0.1) is 0 Å². The lowest BCUT2D eigenvalue weighted by atomic mass is 9.82. The Balaban J connectivity index is 2.17. The van der Waals surface area contributed by atoms with E-state index in [0.29, 0.717) is 5.41 Å². The molecule has 0 saturated heterocycles. The third-order valence-corrected chi connectivity index (χ3v) is 5.02. The Labute approximate surface area is 107 Å². The second kappa shape index (κ2) is 4.52. The zero-order chi connectivity index (χ0) is 11.8. The first-order chi connectivity index (χ1) is 7.59. The van der Waals surface area contributed by atoms with E-state index in [-0.39, 0.29) is 0 Å². The van der Waals surface area contributed by atoms with Gasteiger partial charge in [-0.05, 0) is 50.5 Å². The maximum absolute atomic E-state index is 4.53. The fourth-order valence-corrected chi connectivity index (χ4v) is 3.17. The van der Waals surface area contributed by atoms with Gasteiger partial charge in [0.25, 0.3) is 0 Å². The molecule has 0 N–H and O–H groups in total. The maximum atomic E-state index is 4.53. The molecule has 1 aliphatic rings. The molecular formula is C13H21BrN2. The molecule has 0 aromatic carbocycles. The quantitative estimate of drug-likeness (QED) is 0.756. The Hall–Kier alpha value is -0.310. The molecule has 2 nitrogen and oxygen atoms in total. The van der Waals surface area contributed by atoms with Crippen molar-refractivity contribution in [2.45, 2.75) is 46.6 Å². The summed E-state index contributed by atoms with van der Waals surface area (Å²) in [5.74, 6) is 0.910. The third kappa shape index (κ3) is 2.34. The average molecular weight is 285 g/mol. The van der Waals surface area contributed by atoms with Crippen LogP contribution in [-0.4, -0.2) is 15.1 Å². The maximum Gasteiger partial charge on any atom is 0.0596 e. The molecule has 0 amide bonds. The van der Waals surface area contributed by atoms with E-state index in [1.807, 2.05) is 0 Å². The minimum atomic E-state index is 0.416. The van der Waals surface area contributed by atoms with Crippen molar-refractivity contribution in [1.29, 1.82) is 0 Å². The highest BCUT2D eigenvalue weighted by molar-refractivity contribution is 9.09. The van der Waals surface area contributed by atoms with Crippen LogP contribution in [0.15, 0.2) is 6.07 Å². The molecule has 1 aromatic heterocycles. The Bertz CT molecular complexity index is 368. The van der Waals surface area contributed by atoms with Crippen LogP contribution in [0.3, 0.4) is 0 Å². The molecule has 0 bridgehead atoms. The summed E-state index contributed by atoms with van der Waals surface area (Å²) in [7, 11) is 0. The number of halogens is 1. The molecular weight excluding hydrogens is 264 g/mol. The number of hydrogen-bond donors (Lipinski definition) is 0. The third-order valence-electron chi connectivity index (χ3n) is 3.74. The van der Waals surface area contributed by atoms with Gasteiger partial charge in [-0.3, -0.25) is 4.68 Å². The van der Waals surface area contributed by atoms with Gasteiger partial charge in [0.2, 0.25) is 0 Å². The normalized spacial score (nSPS) is 19.8. The molecule has 1 heterocycles. The Kier molecular flexibility index (Phi) is 3.43. The minimum absolute atomic E-state index is 0.416. The molecule has 0 aliphatic heterocycles. The predicted molar refractivity (Wildman–Crippen MR) is 71.0 cm³/mol. The second-order valence-electron chi connectivity index (χ2n) is 5.33. The summed E-state index contributed by atoms with van der Waals surface area (Å²) in [6, 6.07) is 2.24. The van der Waals surface area contributed by atoms with Crippen LogP contribution in [0, 0.1) is 18.3 Å². The monoisotopic (exact) mass is 284 g/mol. The zero-order valence-electron chi connectivity index (χ0n) is 10.5. The van der Waals surface area contributed by atoms with Gasteiger partial charge in [0.1, 0.15) is 0 Å². The summed E-state index contributed by atoms with van der Waals surface area (Å²) in [5, 5.41) is 5.62. The first-order valence-corrected chi connectivity index (χ1v) is 7.30. The van der Waals surface area contributed by atoms with Crippen molar-refractivity contribution in [1.82, 2.24) is 9.78 Å². The smallest absolute Gasteiger partial charge is 0.0596 e. The van der Waals surface area contributed by atoms with E-state index >= 15 is 0 Å². The molecule has 1 saturated carbocycles.